The number of anilines is 3. The topological polar surface area (TPSA) is 129 Å². The van der Waals surface area contributed by atoms with E-state index in [1.807, 2.05) is 6.92 Å². The van der Waals surface area contributed by atoms with E-state index >= 15 is 0 Å². The van der Waals surface area contributed by atoms with E-state index < -0.39 is 6.03 Å². The van der Waals surface area contributed by atoms with Crippen molar-refractivity contribution in [2.45, 2.75) is 25.8 Å². The SMILES string of the molecule is CCC(CO)NC(=O)Cc1ccc(NC(=O)Nc2cc3c(cc2Cl)NC(=O)CO3)cc1. The number of halogens is 1. The number of fused-ring (bicyclic) bond motifs is 1. The van der Waals surface area contributed by atoms with Gasteiger partial charge in [-0.15, -0.1) is 0 Å². The Morgan fingerprint density at radius 1 is 1.23 bits per heavy atom. The van der Waals surface area contributed by atoms with Crippen LogP contribution >= 0.6 is 11.6 Å². The zero-order valence-electron chi connectivity index (χ0n) is 16.8. The Labute approximate surface area is 184 Å². The van der Waals surface area contributed by atoms with Crippen LogP contribution < -0.4 is 26.0 Å². The second kappa shape index (κ2) is 10.1. The van der Waals surface area contributed by atoms with Gasteiger partial charge >= 0.3 is 6.03 Å². The van der Waals surface area contributed by atoms with E-state index in [1.165, 1.54) is 12.1 Å². The molecule has 0 saturated carbocycles. The molecule has 31 heavy (non-hydrogen) atoms. The largest absolute Gasteiger partial charge is 0.482 e. The van der Waals surface area contributed by atoms with E-state index in [1.54, 1.807) is 24.3 Å². The first-order valence-corrected chi connectivity index (χ1v) is 10.1. The van der Waals surface area contributed by atoms with Crippen molar-refractivity contribution in [1.82, 2.24) is 5.32 Å². The lowest BCUT2D eigenvalue weighted by Crippen LogP contribution is -2.37. The van der Waals surface area contributed by atoms with Crippen LogP contribution in [-0.2, 0) is 16.0 Å². The summed E-state index contributed by atoms with van der Waals surface area (Å²) < 4.78 is 5.33. The molecule has 1 atom stereocenters. The molecule has 1 aliphatic heterocycles. The quantitative estimate of drug-likeness (QED) is 0.446. The number of aliphatic hydroxyl groups excluding tert-OH is 1. The normalized spacial score (nSPS) is 13.3. The van der Waals surface area contributed by atoms with Crippen LogP contribution in [0.15, 0.2) is 36.4 Å². The molecule has 1 aliphatic rings. The number of hydrogen-bond acceptors (Lipinski definition) is 5. The molecule has 0 fully saturated rings. The third-order valence-electron chi connectivity index (χ3n) is 4.61. The summed E-state index contributed by atoms with van der Waals surface area (Å²) in [5, 5.41) is 20.1. The number of amides is 4. The van der Waals surface area contributed by atoms with Crippen molar-refractivity contribution < 1.29 is 24.2 Å². The third kappa shape index (κ3) is 6.09. The summed E-state index contributed by atoms with van der Waals surface area (Å²) in [6.45, 7) is 1.67. The molecule has 3 rings (SSSR count). The molecule has 9 nitrogen and oxygen atoms in total. The molecule has 0 saturated heterocycles. The highest BCUT2D eigenvalue weighted by Crippen LogP contribution is 2.36. The summed E-state index contributed by atoms with van der Waals surface area (Å²) in [5.74, 6) is -0.0465. The van der Waals surface area contributed by atoms with Gasteiger partial charge in [0.25, 0.3) is 5.91 Å². The maximum Gasteiger partial charge on any atom is 0.323 e. The second-order valence-corrected chi connectivity index (χ2v) is 7.38. The Morgan fingerprint density at radius 3 is 2.65 bits per heavy atom. The van der Waals surface area contributed by atoms with Crippen LogP contribution in [0.1, 0.15) is 18.9 Å². The Bertz CT molecular complexity index is 976. The molecule has 164 valence electrons. The molecular weight excluding hydrogens is 424 g/mol. The zero-order valence-corrected chi connectivity index (χ0v) is 17.6. The van der Waals surface area contributed by atoms with Gasteiger partial charge in [-0.05, 0) is 30.2 Å². The number of rotatable bonds is 7. The first-order chi connectivity index (χ1) is 14.9. The fraction of sp³-hybridized carbons (Fsp3) is 0.286. The lowest BCUT2D eigenvalue weighted by atomic mass is 10.1. The maximum absolute atomic E-state index is 12.3. The van der Waals surface area contributed by atoms with E-state index in [0.717, 1.165) is 5.56 Å². The molecule has 2 aromatic carbocycles. The average Bonchev–Trinajstić information content (AvgIpc) is 2.74. The highest BCUT2D eigenvalue weighted by molar-refractivity contribution is 6.34. The molecule has 0 radical (unpaired) electrons. The molecule has 0 spiro atoms. The van der Waals surface area contributed by atoms with Crippen LogP contribution in [0.25, 0.3) is 0 Å². The Morgan fingerprint density at radius 2 is 1.97 bits per heavy atom. The van der Waals surface area contributed by atoms with E-state index in [9.17, 15) is 14.4 Å². The molecule has 0 bridgehead atoms. The standard InChI is InChI=1S/C21H23ClN4O5/c1-2-13(10-27)23-19(28)7-12-3-5-14(6-4-12)24-21(30)26-16-9-18-17(8-15(16)22)25-20(29)11-31-18/h3-6,8-9,13,27H,2,7,10-11H2,1H3,(H,23,28)(H,25,29)(H2,24,26,30). The number of nitrogens with one attached hydrogen (secondary N) is 4. The van der Waals surface area contributed by atoms with Gasteiger partial charge in [0.2, 0.25) is 5.91 Å². The molecular formula is C21H23ClN4O5. The fourth-order valence-electron chi connectivity index (χ4n) is 2.93. The van der Waals surface area contributed by atoms with E-state index in [0.29, 0.717) is 29.2 Å². The van der Waals surface area contributed by atoms with E-state index in [-0.39, 0.29) is 42.5 Å². The molecule has 1 unspecified atom stereocenters. The summed E-state index contributed by atoms with van der Waals surface area (Å²) in [5.41, 5.74) is 2.07. The lowest BCUT2D eigenvalue weighted by Gasteiger charge is -2.19. The number of urea groups is 1. The van der Waals surface area contributed by atoms with Gasteiger partial charge in [-0.25, -0.2) is 4.79 Å². The van der Waals surface area contributed by atoms with Gasteiger partial charge in [-0.1, -0.05) is 30.7 Å². The minimum Gasteiger partial charge on any atom is -0.482 e. The van der Waals surface area contributed by atoms with Crippen molar-refractivity contribution in [1.29, 1.82) is 0 Å². The molecule has 1 heterocycles. The van der Waals surface area contributed by atoms with Gasteiger partial charge in [0.05, 0.1) is 35.5 Å². The van der Waals surface area contributed by atoms with E-state index in [4.69, 9.17) is 21.4 Å². The number of ether oxygens (including phenoxy) is 1. The van der Waals surface area contributed by atoms with Gasteiger partial charge in [-0.3, -0.25) is 9.59 Å². The molecule has 0 aromatic heterocycles. The first-order valence-electron chi connectivity index (χ1n) is 9.71. The smallest absolute Gasteiger partial charge is 0.323 e. The second-order valence-electron chi connectivity index (χ2n) is 6.97. The van der Waals surface area contributed by atoms with Crippen LogP contribution in [0.2, 0.25) is 5.02 Å². The summed E-state index contributed by atoms with van der Waals surface area (Å²) in [7, 11) is 0. The molecule has 4 amide bonds. The van der Waals surface area contributed by atoms with Crippen LogP contribution in [0.5, 0.6) is 5.75 Å². The third-order valence-corrected chi connectivity index (χ3v) is 4.92. The minimum atomic E-state index is -0.513. The average molecular weight is 447 g/mol. The van der Waals surface area contributed by atoms with Crippen molar-refractivity contribution in [3.8, 4) is 5.75 Å². The van der Waals surface area contributed by atoms with Crippen molar-refractivity contribution in [3.63, 3.8) is 0 Å². The minimum absolute atomic E-state index is 0.102. The van der Waals surface area contributed by atoms with E-state index in [2.05, 4.69) is 21.3 Å². The van der Waals surface area contributed by atoms with Crippen LogP contribution in [0.4, 0.5) is 21.9 Å². The summed E-state index contributed by atoms with van der Waals surface area (Å²) in [6.07, 6.45) is 0.819. The summed E-state index contributed by atoms with van der Waals surface area (Å²) in [6, 6.07) is 9.10. The predicted molar refractivity (Wildman–Crippen MR) is 118 cm³/mol. The molecule has 10 heteroatoms. The van der Waals surface area contributed by atoms with Crippen LogP contribution in [0.3, 0.4) is 0 Å². The summed E-state index contributed by atoms with van der Waals surface area (Å²) >= 11 is 6.18. The Kier molecular flexibility index (Phi) is 7.32. The van der Waals surface area contributed by atoms with Crippen LogP contribution in [0, 0.1) is 0 Å². The van der Waals surface area contributed by atoms with Crippen molar-refractivity contribution in [3.05, 3.63) is 47.0 Å². The number of hydrogen-bond donors (Lipinski definition) is 5. The Hall–Kier alpha value is -3.30. The molecule has 0 aliphatic carbocycles. The maximum atomic E-state index is 12.3. The fourth-order valence-corrected chi connectivity index (χ4v) is 3.14. The van der Waals surface area contributed by atoms with Gasteiger partial charge in [-0.2, -0.15) is 0 Å². The monoisotopic (exact) mass is 446 g/mol. The van der Waals surface area contributed by atoms with Gasteiger partial charge in [0, 0.05) is 11.8 Å². The summed E-state index contributed by atoms with van der Waals surface area (Å²) in [4.78, 5) is 35.7. The number of aliphatic hydroxyl groups is 1. The molecule has 5 N–H and O–H groups in total. The first kappa shape index (κ1) is 22.4. The van der Waals surface area contributed by atoms with Crippen molar-refractivity contribution >= 4 is 46.5 Å². The highest BCUT2D eigenvalue weighted by atomic mass is 35.5. The zero-order chi connectivity index (χ0) is 22.4. The number of benzene rings is 2. The van der Waals surface area contributed by atoms with Gasteiger partial charge < -0.3 is 31.1 Å². The van der Waals surface area contributed by atoms with Crippen molar-refractivity contribution in [2.75, 3.05) is 29.2 Å². The van der Waals surface area contributed by atoms with Gasteiger partial charge in [0.1, 0.15) is 5.75 Å². The number of carbonyl (C=O) groups excluding carboxylic acids is 3. The number of carbonyl (C=O) groups is 3. The Balaban J connectivity index is 1.56. The van der Waals surface area contributed by atoms with Crippen LogP contribution in [-0.4, -0.2) is 42.2 Å². The highest BCUT2D eigenvalue weighted by Gasteiger charge is 2.19. The van der Waals surface area contributed by atoms with Gasteiger partial charge in [0.15, 0.2) is 6.61 Å². The molecule has 2 aromatic rings. The lowest BCUT2D eigenvalue weighted by molar-refractivity contribution is -0.121. The predicted octanol–water partition coefficient (Wildman–Crippen LogP) is 2.74. The van der Waals surface area contributed by atoms with Crippen molar-refractivity contribution in [2.24, 2.45) is 0 Å².